The van der Waals surface area contributed by atoms with Crippen molar-refractivity contribution in [2.24, 2.45) is 0 Å². The van der Waals surface area contributed by atoms with Crippen molar-refractivity contribution in [3.8, 4) is 0 Å². The van der Waals surface area contributed by atoms with Crippen LogP contribution >= 0.6 is 0 Å². The summed E-state index contributed by atoms with van der Waals surface area (Å²) in [4.78, 5) is 11.4. The number of ether oxygens (including phenoxy) is 1. The molecule has 1 N–H and O–H groups in total. The van der Waals surface area contributed by atoms with E-state index >= 15 is 0 Å². The molecule has 0 fully saturated rings. The molecule has 0 aliphatic heterocycles. The van der Waals surface area contributed by atoms with E-state index in [1.54, 1.807) is 7.05 Å². The van der Waals surface area contributed by atoms with Crippen LogP contribution in [0.1, 0.15) is 46.0 Å². The zero-order chi connectivity index (χ0) is 10.8. The van der Waals surface area contributed by atoms with E-state index < -0.39 is 0 Å². The Balaban J connectivity index is 3.43. The molecule has 0 aromatic heterocycles. The van der Waals surface area contributed by atoms with Crippen molar-refractivity contribution in [3.05, 3.63) is 0 Å². The lowest BCUT2D eigenvalue weighted by Crippen LogP contribution is -2.34. The SMILES string of the molecule is CCCCCCOC(=O)C(CC)NC. The summed E-state index contributed by atoms with van der Waals surface area (Å²) < 4.78 is 5.13. The molecular formula is C11H23NO2. The molecule has 1 unspecified atom stereocenters. The fourth-order valence-corrected chi connectivity index (χ4v) is 1.29. The molecule has 0 aliphatic carbocycles. The fraction of sp³-hybridized carbons (Fsp3) is 0.909. The van der Waals surface area contributed by atoms with Gasteiger partial charge in [-0.25, -0.2) is 0 Å². The van der Waals surface area contributed by atoms with Crippen LogP contribution in [0.2, 0.25) is 0 Å². The Bertz CT molecular complexity index is 144. The Labute approximate surface area is 87.2 Å². The molecule has 14 heavy (non-hydrogen) atoms. The van der Waals surface area contributed by atoms with E-state index in [4.69, 9.17) is 4.74 Å². The Hall–Kier alpha value is -0.570. The van der Waals surface area contributed by atoms with Crippen LogP contribution in [0.3, 0.4) is 0 Å². The molecule has 0 spiro atoms. The van der Waals surface area contributed by atoms with Crippen molar-refractivity contribution in [3.63, 3.8) is 0 Å². The smallest absolute Gasteiger partial charge is 0.323 e. The summed E-state index contributed by atoms with van der Waals surface area (Å²) in [6.07, 6.45) is 5.35. The highest BCUT2D eigenvalue weighted by Gasteiger charge is 2.14. The Kier molecular flexibility index (Phi) is 8.64. The van der Waals surface area contributed by atoms with Crippen molar-refractivity contribution in [2.75, 3.05) is 13.7 Å². The molecule has 0 amide bonds. The number of carbonyl (C=O) groups is 1. The van der Waals surface area contributed by atoms with Crippen LogP contribution in [0, 0.1) is 0 Å². The van der Waals surface area contributed by atoms with Crippen LogP contribution in [-0.4, -0.2) is 25.7 Å². The third-order valence-corrected chi connectivity index (χ3v) is 2.28. The summed E-state index contributed by atoms with van der Waals surface area (Å²) in [5.74, 6) is -0.119. The Morgan fingerprint density at radius 3 is 2.50 bits per heavy atom. The zero-order valence-electron chi connectivity index (χ0n) is 9.64. The van der Waals surface area contributed by atoms with Gasteiger partial charge in [-0.2, -0.15) is 0 Å². The molecule has 0 aromatic rings. The number of esters is 1. The number of rotatable bonds is 8. The van der Waals surface area contributed by atoms with Crippen molar-refractivity contribution >= 4 is 5.97 Å². The standard InChI is InChI=1S/C11H23NO2/c1-4-6-7-8-9-14-11(13)10(5-2)12-3/h10,12H,4-9H2,1-3H3. The molecule has 0 aliphatic rings. The van der Waals surface area contributed by atoms with Gasteiger partial charge in [-0.3, -0.25) is 4.79 Å². The van der Waals surface area contributed by atoms with Gasteiger partial charge in [0.2, 0.25) is 0 Å². The summed E-state index contributed by atoms with van der Waals surface area (Å²) in [5.41, 5.74) is 0. The molecule has 0 radical (unpaired) electrons. The van der Waals surface area contributed by atoms with Crippen molar-refractivity contribution in [1.82, 2.24) is 5.32 Å². The van der Waals surface area contributed by atoms with Gasteiger partial charge in [0.1, 0.15) is 6.04 Å². The fourth-order valence-electron chi connectivity index (χ4n) is 1.29. The van der Waals surface area contributed by atoms with Gasteiger partial charge in [0.05, 0.1) is 6.61 Å². The maximum Gasteiger partial charge on any atom is 0.323 e. The molecule has 0 bridgehead atoms. The van der Waals surface area contributed by atoms with Gasteiger partial charge in [0.25, 0.3) is 0 Å². The van der Waals surface area contributed by atoms with Crippen molar-refractivity contribution < 1.29 is 9.53 Å². The van der Waals surface area contributed by atoms with Crippen LogP contribution in [0.4, 0.5) is 0 Å². The summed E-state index contributed by atoms with van der Waals surface area (Å²) in [7, 11) is 1.78. The topological polar surface area (TPSA) is 38.3 Å². The van der Waals surface area contributed by atoms with E-state index in [-0.39, 0.29) is 12.0 Å². The van der Waals surface area contributed by atoms with Gasteiger partial charge in [-0.15, -0.1) is 0 Å². The maximum absolute atomic E-state index is 11.4. The normalized spacial score (nSPS) is 12.5. The summed E-state index contributed by atoms with van der Waals surface area (Å²) in [6, 6.07) is -0.138. The number of unbranched alkanes of at least 4 members (excludes halogenated alkanes) is 3. The van der Waals surface area contributed by atoms with Gasteiger partial charge in [-0.1, -0.05) is 33.1 Å². The number of likely N-dealkylation sites (N-methyl/N-ethyl adjacent to an activating group) is 1. The van der Waals surface area contributed by atoms with Crippen LogP contribution in [0.25, 0.3) is 0 Å². The van der Waals surface area contributed by atoms with Crippen molar-refractivity contribution in [1.29, 1.82) is 0 Å². The van der Waals surface area contributed by atoms with Gasteiger partial charge in [0, 0.05) is 0 Å². The minimum atomic E-state index is -0.138. The molecule has 0 saturated heterocycles. The second kappa shape index (κ2) is 9.00. The number of carbonyl (C=O) groups excluding carboxylic acids is 1. The first kappa shape index (κ1) is 13.4. The lowest BCUT2D eigenvalue weighted by Gasteiger charge is -2.12. The molecule has 1 atom stereocenters. The summed E-state index contributed by atoms with van der Waals surface area (Å²) in [5, 5.41) is 2.93. The van der Waals surface area contributed by atoms with Crippen LogP contribution in [0.15, 0.2) is 0 Å². The Morgan fingerprint density at radius 1 is 1.29 bits per heavy atom. The highest BCUT2D eigenvalue weighted by molar-refractivity contribution is 5.75. The van der Waals surface area contributed by atoms with Crippen molar-refractivity contribution in [2.45, 2.75) is 52.0 Å². The zero-order valence-corrected chi connectivity index (χ0v) is 9.64. The number of nitrogens with one attached hydrogen (secondary N) is 1. The first-order chi connectivity index (χ1) is 6.76. The van der Waals surface area contributed by atoms with E-state index in [0.717, 1.165) is 19.3 Å². The lowest BCUT2D eigenvalue weighted by molar-refractivity contribution is -0.146. The second-order valence-corrected chi connectivity index (χ2v) is 3.48. The minimum absolute atomic E-state index is 0.119. The monoisotopic (exact) mass is 201 g/mol. The minimum Gasteiger partial charge on any atom is -0.465 e. The molecule has 3 nitrogen and oxygen atoms in total. The largest absolute Gasteiger partial charge is 0.465 e. The molecule has 0 aromatic carbocycles. The van der Waals surface area contributed by atoms with E-state index in [9.17, 15) is 4.79 Å². The molecule has 0 saturated carbocycles. The first-order valence-corrected chi connectivity index (χ1v) is 5.60. The summed E-state index contributed by atoms with van der Waals surface area (Å²) >= 11 is 0. The third-order valence-electron chi connectivity index (χ3n) is 2.28. The predicted molar refractivity (Wildman–Crippen MR) is 58.2 cm³/mol. The first-order valence-electron chi connectivity index (χ1n) is 5.60. The van der Waals surface area contributed by atoms with E-state index in [1.807, 2.05) is 6.92 Å². The average molecular weight is 201 g/mol. The maximum atomic E-state index is 11.4. The van der Waals surface area contributed by atoms with Gasteiger partial charge in [0.15, 0.2) is 0 Å². The number of hydrogen-bond acceptors (Lipinski definition) is 3. The third kappa shape index (κ3) is 5.97. The van der Waals surface area contributed by atoms with Gasteiger partial charge >= 0.3 is 5.97 Å². The lowest BCUT2D eigenvalue weighted by atomic mass is 10.2. The molecule has 3 heteroatoms. The molecule has 0 rings (SSSR count). The predicted octanol–water partition coefficient (Wildman–Crippen LogP) is 2.11. The van der Waals surface area contributed by atoms with Gasteiger partial charge in [-0.05, 0) is 19.9 Å². The molecular weight excluding hydrogens is 178 g/mol. The van der Waals surface area contributed by atoms with Gasteiger partial charge < -0.3 is 10.1 Å². The van der Waals surface area contributed by atoms with E-state index in [1.165, 1.54) is 12.8 Å². The van der Waals surface area contributed by atoms with E-state index in [2.05, 4.69) is 12.2 Å². The second-order valence-electron chi connectivity index (χ2n) is 3.48. The van der Waals surface area contributed by atoms with Crippen LogP contribution in [0.5, 0.6) is 0 Å². The number of hydrogen-bond donors (Lipinski definition) is 1. The highest BCUT2D eigenvalue weighted by Crippen LogP contribution is 2.00. The summed E-state index contributed by atoms with van der Waals surface area (Å²) in [6.45, 7) is 4.71. The molecule has 0 heterocycles. The highest BCUT2D eigenvalue weighted by atomic mass is 16.5. The van der Waals surface area contributed by atoms with Crippen LogP contribution < -0.4 is 5.32 Å². The molecule has 84 valence electrons. The van der Waals surface area contributed by atoms with E-state index in [0.29, 0.717) is 6.61 Å². The quantitative estimate of drug-likeness (QED) is 0.483. The average Bonchev–Trinajstić information content (AvgIpc) is 2.19. The van der Waals surface area contributed by atoms with Crippen LogP contribution in [-0.2, 0) is 9.53 Å². The Morgan fingerprint density at radius 2 is 2.00 bits per heavy atom.